The van der Waals surface area contributed by atoms with Crippen LogP contribution >= 0.6 is 0 Å². The van der Waals surface area contributed by atoms with Gasteiger partial charge in [-0.3, -0.25) is 4.90 Å². The van der Waals surface area contributed by atoms with Crippen molar-refractivity contribution in [2.75, 3.05) is 13.1 Å². The summed E-state index contributed by atoms with van der Waals surface area (Å²) in [4.78, 5) is 2.48. The van der Waals surface area contributed by atoms with E-state index in [9.17, 15) is 0 Å². The number of rotatable bonds is 6. The van der Waals surface area contributed by atoms with Gasteiger partial charge < -0.3 is 5.73 Å². The van der Waals surface area contributed by atoms with Gasteiger partial charge in [0.2, 0.25) is 0 Å². The van der Waals surface area contributed by atoms with Crippen LogP contribution in [0.5, 0.6) is 0 Å². The molecule has 0 radical (unpaired) electrons. The van der Waals surface area contributed by atoms with Crippen molar-refractivity contribution in [3.05, 3.63) is 34.4 Å². The Hall–Kier alpha value is -0.860. The zero-order valence-corrected chi connectivity index (χ0v) is 13.5. The average molecular weight is 262 g/mol. The van der Waals surface area contributed by atoms with Crippen LogP contribution in [-0.2, 0) is 0 Å². The summed E-state index contributed by atoms with van der Waals surface area (Å²) in [6.07, 6.45) is 1.18. The number of hydrogen-bond donors (Lipinski definition) is 1. The molecule has 1 atom stereocenters. The maximum absolute atomic E-state index is 6.47. The minimum atomic E-state index is 0.106. The zero-order valence-electron chi connectivity index (χ0n) is 13.5. The molecule has 0 spiro atoms. The Balaban J connectivity index is 2.91. The van der Waals surface area contributed by atoms with E-state index in [4.69, 9.17) is 5.73 Å². The van der Waals surface area contributed by atoms with E-state index in [0.29, 0.717) is 6.04 Å². The van der Waals surface area contributed by atoms with Gasteiger partial charge >= 0.3 is 0 Å². The Morgan fingerprint density at radius 1 is 1.11 bits per heavy atom. The molecule has 1 aromatic rings. The molecule has 0 aliphatic carbocycles. The predicted molar refractivity (Wildman–Crippen MR) is 84.6 cm³/mol. The number of nitrogens with zero attached hydrogens (tertiary/aromatic N) is 1. The van der Waals surface area contributed by atoms with Crippen LogP contribution in [0.4, 0.5) is 0 Å². The van der Waals surface area contributed by atoms with E-state index in [-0.39, 0.29) is 6.04 Å². The minimum absolute atomic E-state index is 0.106. The van der Waals surface area contributed by atoms with Gasteiger partial charge in [0.1, 0.15) is 0 Å². The van der Waals surface area contributed by atoms with Gasteiger partial charge in [0.05, 0.1) is 0 Å². The highest BCUT2D eigenvalue weighted by Crippen LogP contribution is 2.23. The van der Waals surface area contributed by atoms with Crippen molar-refractivity contribution in [3.63, 3.8) is 0 Å². The zero-order chi connectivity index (χ0) is 14.6. The first-order valence-corrected chi connectivity index (χ1v) is 7.44. The largest absolute Gasteiger partial charge is 0.323 e. The van der Waals surface area contributed by atoms with Crippen LogP contribution in [0.25, 0.3) is 0 Å². The Morgan fingerprint density at radius 3 is 2.05 bits per heavy atom. The third-order valence-electron chi connectivity index (χ3n) is 3.78. The van der Waals surface area contributed by atoms with Gasteiger partial charge in [-0.15, -0.1) is 0 Å². The molecule has 19 heavy (non-hydrogen) atoms. The van der Waals surface area contributed by atoms with Gasteiger partial charge in [-0.05, 0) is 64.3 Å². The maximum atomic E-state index is 6.47. The topological polar surface area (TPSA) is 29.3 Å². The van der Waals surface area contributed by atoms with Gasteiger partial charge in [-0.2, -0.15) is 0 Å². The van der Waals surface area contributed by atoms with Crippen molar-refractivity contribution in [2.24, 2.45) is 5.73 Å². The van der Waals surface area contributed by atoms with Crippen molar-refractivity contribution in [2.45, 2.75) is 60.0 Å². The third kappa shape index (κ3) is 4.32. The van der Waals surface area contributed by atoms with Crippen molar-refractivity contribution in [1.29, 1.82) is 0 Å². The van der Waals surface area contributed by atoms with Crippen LogP contribution in [-0.4, -0.2) is 24.0 Å². The van der Waals surface area contributed by atoms with Crippen LogP contribution in [0.1, 0.15) is 55.5 Å². The van der Waals surface area contributed by atoms with Crippen LogP contribution < -0.4 is 5.73 Å². The molecule has 1 aromatic carbocycles. The highest BCUT2D eigenvalue weighted by molar-refractivity contribution is 5.39. The summed E-state index contributed by atoms with van der Waals surface area (Å²) in [5.74, 6) is 0. The molecule has 1 rings (SSSR count). The molecule has 2 N–H and O–H groups in total. The van der Waals surface area contributed by atoms with E-state index in [2.05, 4.69) is 58.6 Å². The van der Waals surface area contributed by atoms with Gasteiger partial charge in [-0.1, -0.05) is 24.6 Å². The quantitative estimate of drug-likeness (QED) is 0.846. The monoisotopic (exact) mass is 262 g/mol. The molecule has 0 heterocycles. The molecular weight excluding hydrogens is 232 g/mol. The Bertz CT molecular complexity index is 387. The van der Waals surface area contributed by atoms with Gasteiger partial charge in [0.25, 0.3) is 0 Å². The van der Waals surface area contributed by atoms with E-state index in [1.165, 1.54) is 28.7 Å². The molecule has 0 aliphatic heterocycles. The average Bonchev–Trinajstić information content (AvgIpc) is 2.26. The third-order valence-corrected chi connectivity index (χ3v) is 3.78. The summed E-state index contributed by atoms with van der Waals surface area (Å²) < 4.78 is 0. The van der Waals surface area contributed by atoms with E-state index in [1.54, 1.807) is 0 Å². The fourth-order valence-corrected chi connectivity index (χ4v) is 2.97. The van der Waals surface area contributed by atoms with E-state index >= 15 is 0 Å². The second kappa shape index (κ2) is 7.06. The van der Waals surface area contributed by atoms with Gasteiger partial charge in [0.15, 0.2) is 0 Å². The van der Waals surface area contributed by atoms with Crippen molar-refractivity contribution >= 4 is 0 Å². The van der Waals surface area contributed by atoms with Gasteiger partial charge in [0, 0.05) is 18.6 Å². The highest BCUT2D eigenvalue weighted by atomic mass is 15.2. The van der Waals surface area contributed by atoms with Gasteiger partial charge in [-0.25, -0.2) is 0 Å². The maximum Gasteiger partial charge on any atom is 0.0429 e. The Kier molecular flexibility index (Phi) is 6.02. The molecule has 0 fully saturated rings. The minimum Gasteiger partial charge on any atom is -0.323 e. The molecule has 0 aliphatic rings. The SMILES string of the molecule is CCCN(CC(N)c1c(C)cc(C)cc1C)C(C)C. The number of hydrogen-bond acceptors (Lipinski definition) is 2. The van der Waals surface area contributed by atoms with Crippen molar-refractivity contribution in [1.82, 2.24) is 4.90 Å². The molecule has 108 valence electrons. The van der Waals surface area contributed by atoms with E-state index < -0.39 is 0 Å². The summed E-state index contributed by atoms with van der Waals surface area (Å²) in [7, 11) is 0. The normalized spacial score (nSPS) is 13.3. The summed E-state index contributed by atoms with van der Waals surface area (Å²) in [6.45, 7) is 15.3. The first kappa shape index (κ1) is 16.2. The standard InChI is InChI=1S/C17H30N2/c1-7-8-19(12(2)3)11-16(18)17-14(5)9-13(4)10-15(17)6/h9-10,12,16H,7-8,11,18H2,1-6H3. The van der Waals surface area contributed by atoms with Crippen LogP contribution in [0.2, 0.25) is 0 Å². The second-order valence-electron chi connectivity index (χ2n) is 6.01. The fraction of sp³-hybridized carbons (Fsp3) is 0.647. The number of benzene rings is 1. The smallest absolute Gasteiger partial charge is 0.0429 e. The molecular formula is C17H30N2. The molecule has 0 saturated carbocycles. The molecule has 0 saturated heterocycles. The van der Waals surface area contributed by atoms with E-state index in [0.717, 1.165) is 13.1 Å². The summed E-state index contributed by atoms with van der Waals surface area (Å²) in [5.41, 5.74) is 11.8. The van der Waals surface area contributed by atoms with E-state index in [1.807, 2.05) is 0 Å². The summed E-state index contributed by atoms with van der Waals surface area (Å²) >= 11 is 0. The molecule has 0 aromatic heterocycles. The number of aryl methyl sites for hydroxylation is 3. The highest BCUT2D eigenvalue weighted by Gasteiger charge is 2.17. The Labute approximate surface area is 119 Å². The molecule has 2 heteroatoms. The number of nitrogens with two attached hydrogens (primary N) is 1. The Morgan fingerprint density at radius 2 is 1.63 bits per heavy atom. The van der Waals surface area contributed by atoms with Crippen LogP contribution in [0, 0.1) is 20.8 Å². The lowest BCUT2D eigenvalue weighted by atomic mass is 9.94. The molecule has 2 nitrogen and oxygen atoms in total. The molecule has 0 bridgehead atoms. The van der Waals surface area contributed by atoms with Crippen molar-refractivity contribution in [3.8, 4) is 0 Å². The summed E-state index contributed by atoms with van der Waals surface area (Å²) in [6, 6.07) is 5.13. The fourth-order valence-electron chi connectivity index (χ4n) is 2.97. The second-order valence-corrected chi connectivity index (χ2v) is 6.01. The first-order chi connectivity index (χ1) is 8.86. The lowest BCUT2D eigenvalue weighted by molar-refractivity contribution is 0.208. The van der Waals surface area contributed by atoms with Crippen LogP contribution in [0.15, 0.2) is 12.1 Å². The first-order valence-electron chi connectivity index (χ1n) is 7.44. The predicted octanol–water partition coefficient (Wildman–Crippen LogP) is 3.73. The van der Waals surface area contributed by atoms with Crippen LogP contribution in [0.3, 0.4) is 0 Å². The summed E-state index contributed by atoms with van der Waals surface area (Å²) in [5, 5.41) is 0. The van der Waals surface area contributed by atoms with Crippen molar-refractivity contribution < 1.29 is 0 Å². The molecule has 1 unspecified atom stereocenters. The molecule has 0 amide bonds. The lowest BCUT2D eigenvalue weighted by Crippen LogP contribution is -2.38. The lowest BCUT2D eigenvalue weighted by Gasteiger charge is -2.30.